The SMILES string of the molecule is Cl.NC/C=C(\F)COc1ccc(C(=O)Nc2ccc(C(F)(F)F)cc2)cc1. The van der Waals surface area contributed by atoms with E-state index in [1.165, 1.54) is 42.5 Å². The van der Waals surface area contributed by atoms with Gasteiger partial charge in [0.1, 0.15) is 18.2 Å². The first-order valence-corrected chi connectivity index (χ1v) is 7.55. The molecule has 0 aliphatic rings. The Kier molecular flexibility index (Phi) is 8.27. The van der Waals surface area contributed by atoms with Gasteiger partial charge in [0.15, 0.2) is 0 Å². The lowest BCUT2D eigenvalue weighted by Crippen LogP contribution is -2.12. The van der Waals surface area contributed by atoms with E-state index in [2.05, 4.69) is 5.32 Å². The van der Waals surface area contributed by atoms with Crippen molar-refractivity contribution in [2.45, 2.75) is 6.18 Å². The summed E-state index contributed by atoms with van der Waals surface area (Å²) >= 11 is 0. The summed E-state index contributed by atoms with van der Waals surface area (Å²) in [6, 6.07) is 9.99. The van der Waals surface area contributed by atoms with Gasteiger partial charge in [-0.15, -0.1) is 12.4 Å². The molecule has 0 fully saturated rings. The first-order chi connectivity index (χ1) is 12.3. The van der Waals surface area contributed by atoms with Crippen LogP contribution in [0.4, 0.5) is 23.2 Å². The van der Waals surface area contributed by atoms with Gasteiger partial charge in [-0.25, -0.2) is 4.39 Å². The number of ether oxygens (including phenoxy) is 1. The molecule has 0 aliphatic carbocycles. The van der Waals surface area contributed by atoms with Crippen LogP contribution in [0, 0.1) is 0 Å². The van der Waals surface area contributed by atoms with Crippen molar-refractivity contribution >= 4 is 24.0 Å². The number of hydrogen-bond acceptors (Lipinski definition) is 3. The van der Waals surface area contributed by atoms with Crippen molar-refractivity contribution in [2.75, 3.05) is 18.5 Å². The number of carbonyl (C=O) groups excluding carboxylic acids is 1. The lowest BCUT2D eigenvalue weighted by molar-refractivity contribution is -0.137. The first-order valence-electron chi connectivity index (χ1n) is 7.55. The van der Waals surface area contributed by atoms with Crippen molar-refractivity contribution in [1.82, 2.24) is 0 Å². The number of amides is 1. The Morgan fingerprint density at radius 3 is 2.19 bits per heavy atom. The van der Waals surface area contributed by atoms with E-state index in [1.54, 1.807) is 0 Å². The molecule has 0 radical (unpaired) electrons. The quantitative estimate of drug-likeness (QED) is 0.693. The van der Waals surface area contributed by atoms with Gasteiger partial charge in [-0.1, -0.05) is 0 Å². The normalized spacial score (nSPS) is 11.5. The van der Waals surface area contributed by atoms with Gasteiger partial charge in [0.05, 0.1) is 5.56 Å². The maximum Gasteiger partial charge on any atom is 0.416 e. The highest BCUT2D eigenvalue weighted by Gasteiger charge is 2.29. The predicted octanol–water partition coefficient (Wildman–Crippen LogP) is 4.57. The largest absolute Gasteiger partial charge is 0.487 e. The van der Waals surface area contributed by atoms with Gasteiger partial charge in [-0.05, 0) is 54.6 Å². The molecule has 4 nitrogen and oxygen atoms in total. The zero-order valence-corrected chi connectivity index (χ0v) is 14.7. The number of nitrogens with two attached hydrogens (primary N) is 1. The molecule has 27 heavy (non-hydrogen) atoms. The Balaban J connectivity index is 0.00000364. The fourth-order valence-corrected chi connectivity index (χ4v) is 1.99. The maximum absolute atomic E-state index is 13.2. The third-order valence-electron chi connectivity index (χ3n) is 3.30. The third kappa shape index (κ3) is 6.92. The fraction of sp³-hybridized carbons (Fsp3) is 0.167. The molecule has 0 saturated carbocycles. The molecule has 0 spiro atoms. The molecular weight excluding hydrogens is 388 g/mol. The van der Waals surface area contributed by atoms with E-state index in [-0.39, 0.29) is 36.8 Å². The van der Waals surface area contributed by atoms with Crippen LogP contribution < -0.4 is 15.8 Å². The number of alkyl halides is 3. The van der Waals surface area contributed by atoms with E-state index < -0.39 is 23.5 Å². The van der Waals surface area contributed by atoms with Crippen molar-refractivity contribution in [3.8, 4) is 5.75 Å². The van der Waals surface area contributed by atoms with Gasteiger partial charge < -0.3 is 15.8 Å². The molecule has 146 valence electrons. The van der Waals surface area contributed by atoms with Crippen LogP contribution in [-0.2, 0) is 6.18 Å². The van der Waals surface area contributed by atoms with Crippen molar-refractivity contribution in [3.63, 3.8) is 0 Å². The highest BCUT2D eigenvalue weighted by molar-refractivity contribution is 6.04. The van der Waals surface area contributed by atoms with E-state index in [4.69, 9.17) is 10.5 Å². The highest BCUT2D eigenvalue weighted by atomic mass is 35.5. The molecule has 0 saturated heterocycles. The molecule has 2 aromatic carbocycles. The average molecular weight is 405 g/mol. The first kappa shape index (κ1) is 22.5. The zero-order chi connectivity index (χ0) is 19.2. The summed E-state index contributed by atoms with van der Waals surface area (Å²) in [7, 11) is 0. The number of halogens is 5. The van der Waals surface area contributed by atoms with Crippen LogP contribution in [0.1, 0.15) is 15.9 Å². The second kappa shape index (κ2) is 9.94. The van der Waals surface area contributed by atoms with Gasteiger partial charge >= 0.3 is 6.18 Å². The van der Waals surface area contributed by atoms with Crippen LogP contribution in [-0.4, -0.2) is 19.1 Å². The van der Waals surface area contributed by atoms with Crippen LogP contribution in [0.15, 0.2) is 60.4 Å². The Morgan fingerprint density at radius 2 is 1.67 bits per heavy atom. The minimum atomic E-state index is -4.43. The molecule has 1 amide bonds. The van der Waals surface area contributed by atoms with Gasteiger partial charge in [0.2, 0.25) is 0 Å². The van der Waals surface area contributed by atoms with Crippen LogP contribution in [0.5, 0.6) is 5.75 Å². The molecule has 0 atom stereocenters. The van der Waals surface area contributed by atoms with Crippen molar-refractivity contribution < 1.29 is 27.1 Å². The molecule has 3 N–H and O–H groups in total. The molecule has 9 heteroatoms. The zero-order valence-electron chi connectivity index (χ0n) is 13.9. The number of nitrogens with one attached hydrogen (secondary N) is 1. The Hall–Kier alpha value is -2.58. The Labute approximate surface area is 159 Å². The monoisotopic (exact) mass is 404 g/mol. The molecule has 0 bridgehead atoms. The summed E-state index contributed by atoms with van der Waals surface area (Å²) < 4.78 is 55.9. The number of benzene rings is 2. The topological polar surface area (TPSA) is 64.3 Å². The van der Waals surface area contributed by atoms with Gasteiger partial charge in [0, 0.05) is 17.8 Å². The molecule has 0 heterocycles. The molecule has 0 unspecified atom stereocenters. The van der Waals surface area contributed by atoms with E-state index in [9.17, 15) is 22.4 Å². The van der Waals surface area contributed by atoms with E-state index >= 15 is 0 Å². The van der Waals surface area contributed by atoms with Crippen LogP contribution in [0.25, 0.3) is 0 Å². The summed E-state index contributed by atoms with van der Waals surface area (Å²) in [4.78, 5) is 12.1. The molecule has 2 rings (SSSR count). The minimum Gasteiger partial charge on any atom is -0.487 e. The van der Waals surface area contributed by atoms with Gasteiger partial charge in [0.25, 0.3) is 5.91 Å². The van der Waals surface area contributed by atoms with Crippen molar-refractivity contribution in [2.24, 2.45) is 5.73 Å². The molecule has 0 aromatic heterocycles. The standard InChI is InChI=1S/C18H16F4N2O2.ClH/c19-14(9-10-23)11-26-16-7-1-12(2-8-16)17(25)24-15-5-3-13(4-6-15)18(20,21)22;/h1-9H,10-11,23H2,(H,24,25);1H/b14-9-;. The second-order valence-electron chi connectivity index (χ2n) is 5.23. The Bertz CT molecular complexity index is 775. The number of hydrogen-bond donors (Lipinski definition) is 2. The van der Waals surface area contributed by atoms with E-state index in [1.807, 2.05) is 0 Å². The van der Waals surface area contributed by atoms with E-state index in [0.717, 1.165) is 12.1 Å². The number of anilines is 1. The van der Waals surface area contributed by atoms with E-state index in [0.29, 0.717) is 5.75 Å². The number of carbonyl (C=O) groups is 1. The summed E-state index contributed by atoms with van der Waals surface area (Å²) in [6.07, 6.45) is -3.25. The van der Waals surface area contributed by atoms with Crippen LogP contribution in [0.3, 0.4) is 0 Å². The molecular formula is C18H17ClF4N2O2. The highest BCUT2D eigenvalue weighted by Crippen LogP contribution is 2.29. The number of rotatable bonds is 6. The summed E-state index contributed by atoms with van der Waals surface area (Å²) in [5.41, 5.74) is 4.88. The van der Waals surface area contributed by atoms with Crippen molar-refractivity contribution in [1.29, 1.82) is 0 Å². The summed E-state index contributed by atoms with van der Waals surface area (Å²) in [5, 5.41) is 2.49. The summed E-state index contributed by atoms with van der Waals surface area (Å²) in [6.45, 7) is -0.202. The van der Waals surface area contributed by atoms with Gasteiger partial charge in [-0.2, -0.15) is 13.2 Å². The van der Waals surface area contributed by atoms with Gasteiger partial charge in [-0.3, -0.25) is 4.79 Å². The molecule has 2 aromatic rings. The van der Waals surface area contributed by atoms with Crippen molar-refractivity contribution in [3.05, 3.63) is 71.6 Å². The lowest BCUT2D eigenvalue weighted by atomic mass is 10.1. The second-order valence-corrected chi connectivity index (χ2v) is 5.23. The predicted molar refractivity (Wildman–Crippen MR) is 96.8 cm³/mol. The van der Waals surface area contributed by atoms with Crippen LogP contribution in [0.2, 0.25) is 0 Å². The maximum atomic E-state index is 13.2. The Morgan fingerprint density at radius 1 is 1.07 bits per heavy atom. The minimum absolute atomic E-state index is 0. The lowest BCUT2D eigenvalue weighted by Gasteiger charge is -2.09. The molecule has 0 aliphatic heterocycles. The smallest absolute Gasteiger partial charge is 0.416 e. The fourth-order valence-electron chi connectivity index (χ4n) is 1.99. The summed E-state index contributed by atoms with van der Waals surface area (Å²) in [5.74, 6) is -0.640. The average Bonchev–Trinajstić information content (AvgIpc) is 2.60. The third-order valence-corrected chi connectivity index (χ3v) is 3.30. The van der Waals surface area contributed by atoms with Crippen LogP contribution >= 0.6 is 12.4 Å².